The molecule has 1 amide bonds. The summed E-state index contributed by atoms with van der Waals surface area (Å²) in [6.45, 7) is 2.96. The molecule has 14 heavy (non-hydrogen) atoms. The molecule has 0 radical (unpaired) electrons. The fourth-order valence-electron chi connectivity index (χ4n) is 1.50. The number of hydrogen-bond donors (Lipinski definition) is 0. The number of benzene rings is 1. The predicted molar refractivity (Wildman–Crippen MR) is 58.0 cm³/mol. The van der Waals surface area contributed by atoms with Crippen LogP contribution in [-0.4, -0.2) is 16.8 Å². The molecule has 1 heterocycles. The molecule has 1 saturated heterocycles. The summed E-state index contributed by atoms with van der Waals surface area (Å²) in [5, 5.41) is 0. The zero-order valence-corrected chi connectivity index (χ0v) is 9.01. The highest BCUT2D eigenvalue weighted by Gasteiger charge is 2.21. The van der Waals surface area contributed by atoms with E-state index in [2.05, 4.69) is 19.1 Å². The van der Waals surface area contributed by atoms with Gasteiger partial charge in [0, 0.05) is 17.9 Å². The SMILES string of the molecule is Cc1ccccc1SN1CCCC1=O. The highest BCUT2D eigenvalue weighted by atomic mass is 32.2. The van der Waals surface area contributed by atoms with E-state index in [4.69, 9.17) is 0 Å². The Morgan fingerprint density at radius 3 is 2.79 bits per heavy atom. The van der Waals surface area contributed by atoms with Crippen molar-refractivity contribution in [2.24, 2.45) is 0 Å². The lowest BCUT2D eigenvalue weighted by Gasteiger charge is -2.14. The van der Waals surface area contributed by atoms with Gasteiger partial charge >= 0.3 is 0 Å². The van der Waals surface area contributed by atoms with E-state index in [0.717, 1.165) is 13.0 Å². The second-order valence-electron chi connectivity index (χ2n) is 3.46. The molecule has 0 saturated carbocycles. The van der Waals surface area contributed by atoms with Crippen LogP contribution in [0.5, 0.6) is 0 Å². The van der Waals surface area contributed by atoms with E-state index in [-0.39, 0.29) is 5.91 Å². The minimum Gasteiger partial charge on any atom is -0.282 e. The van der Waals surface area contributed by atoms with Gasteiger partial charge in [-0.25, -0.2) is 0 Å². The summed E-state index contributed by atoms with van der Waals surface area (Å²) in [6, 6.07) is 8.16. The van der Waals surface area contributed by atoms with Crippen molar-refractivity contribution in [2.75, 3.05) is 6.54 Å². The van der Waals surface area contributed by atoms with Crippen molar-refractivity contribution < 1.29 is 4.79 Å². The van der Waals surface area contributed by atoms with Crippen molar-refractivity contribution in [3.63, 3.8) is 0 Å². The molecule has 0 aliphatic carbocycles. The molecule has 0 unspecified atom stereocenters. The Hall–Kier alpha value is -0.960. The van der Waals surface area contributed by atoms with Crippen LogP contribution in [0.4, 0.5) is 0 Å². The maximum Gasteiger partial charge on any atom is 0.232 e. The van der Waals surface area contributed by atoms with E-state index in [1.54, 1.807) is 11.9 Å². The van der Waals surface area contributed by atoms with Gasteiger partial charge in [0.05, 0.1) is 0 Å². The van der Waals surface area contributed by atoms with Gasteiger partial charge < -0.3 is 0 Å². The van der Waals surface area contributed by atoms with Crippen LogP contribution in [0.1, 0.15) is 18.4 Å². The third-order valence-corrected chi connectivity index (χ3v) is 3.59. The number of hydrogen-bond acceptors (Lipinski definition) is 2. The molecule has 0 aromatic heterocycles. The number of nitrogens with zero attached hydrogens (tertiary/aromatic N) is 1. The Morgan fingerprint density at radius 2 is 2.14 bits per heavy atom. The van der Waals surface area contributed by atoms with Crippen molar-refractivity contribution in [3.8, 4) is 0 Å². The summed E-state index contributed by atoms with van der Waals surface area (Å²) in [7, 11) is 0. The Kier molecular flexibility index (Phi) is 2.77. The summed E-state index contributed by atoms with van der Waals surface area (Å²) in [5.41, 5.74) is 1.23. The lowest BCUT2D eigenvalue weighted by molar-refractivity contribution is -0.123. The standard InChI is InChI=1S/C11H13NOS/c1-9-5-2-3-6-10(9)14-12-8-4-7-11(12)13/h2-3,5-6H,4,7-8H2,1H3. The molecule has 1 aromatic rings. The van der Waals surface area contributed by atoms with Gasteiger partial charge in [0.1, 0.15) is 0 Å². The fourth-order valence-corrected chi connectivity index (χ4v) is 2.50. The highest BCUT2D eigenvalue weighted by Crippen LogP contribution is 2.29. The second-order valence-corrected chi connectivity index (χ2v) is 4.52. The molecule has 0 bridgehead atoms. The van der Waals surface area contributed by atoms with Gasteiger partial charge in [0.2, 0.25) is 5.91 Å². The normalized spacial score (nSPS) is 16.4. The van der Waals surface area contributed by atoms with Gasteiger partial charge in [0.25, 0.3) is 0 Å². The number of carbonyl (C=O) groups is 1. The van der Waals surface area contributed by atoms with Gasteiger partial charge in [-0.1, -0.05) is 18.2 Å². The van der Waals surface area contributed by atoms with Gasteiger partial charge in [0.15, 0.2) is 0 Å². The molecule has 1 fully saturated rings. The van der Waals surface area contributed by atoms with Crippen molar-refractivity contribution in [1.29, 1.82) is 0 Å². The summed E-state index contributed by atoms with van der Waals surface area (Å²) in [4.78, 5) is 12.6. The van der Waals surface area contributed by atoms with Crippen LogP contribution >= 0.6 is 11.9 Å². The maximum atomic E-state index is 11.4. The van der Waals surface area contributed by atoms with Crippen LogP contribution in [-0.2, 0) is 4.79 Å². The number of aryl methyl sites for hydroxylation is 1. The fraction of sp³-hybridized carbons (Fsp3) is 0.364. The quantitative estimate of drug-likeness (QED) is 0.695. The monoisotopic (exact) mass is 207 g/mol. The highest BCUT2D eigenvalue weighted by molar-refractivity contribution is 7.97. The van der Waals surface area contributed by atoms with E-state index in [0.29, 0.717) is 6.42 Å². The van der Waals surface area contributed by atoms with Gasteiger partial charge in [-0.05, 0) is 36.9 Å². The summed E-state index contributed by atoms with van der Waals surface area (Å²) < 4.78 is 1.86. The lowest BCUT2D eigenvalue weighted by Crippen LogP contribution is -2.15. The average molecular weight is 207 g/mol. The topological polar surface area (TPSA) is 20.3 Å². The van der Waals surface area contributed by atoms with Crippen LogP contribution in [0.2, 0.25) is 0 Å². The number of amides is 1. The van der Waals surface area contributed by atoms with E-state index < -0.39 is 0 Å². The molecule has 3 heteroatoms. The van der Waals surface area contributed by atoms with E-state index in [9.17, 15) is 4.79 Å². The minimum absolute atomic E-state index is 0.262. The first-order valence-corrected chi connectivity index (χ1v) is 5.58. The Balaban J connectivity index is 2.10. The summed E-state index contributed by atoms with van der Waals surface area (Å²) >= 11 is 1.57. The zero-order valence-electron chi connectivity index (χ0n) is 8.19. The van der Waals surface area contributed by atoms with Crippen LogP contribution in [0.15, 0.2) is 29.2 Å². The first-order valence-electron chi connectivity index (χ1n) is 4.81. The van der Waals surface area contributed by atoms with Crippen LogP contribution in [0, 0.1) is 6.92 Å². The summed E-state index contributed by atoms with van der Waals surface area (Å²) in [5.74, 6) is 0.262. The molecule has 0 N–H and O–H groups in total. The first kappa shape index (κ1) is 9.59. The third kappa shape index (κ3) is 1.93. The Bertz CT molecular complexity index is 351. The number of carbonyl (C=O) groups excluding carboxylic acids is 1. The van der Waals surface area contributed by atoms with Gasteiger partial charge in [-0.15, -0.1) is 0 Å². The van der Waals surface area contributed by atoms with Crippen LogP contribution in [0.3, 0.4) is 0 Å². The van der Waals surface area contributed by atoms with Gasteiger partial charge in [-0.3, -0.25) is 9.10 Å². The molecular formula is C11H13NOS. The molecule has 74 valence electrons. The predicted octanol–water partition coefficient (Wildman–Crippen LogP) is 2.62. The van der Waals surface area contributed by atoms with E-state index in [1.165, 1.54) is 10.5 Å². The largest absolute Gasteiger partial charge is 0.282 e. The molecule has 1 aliphatic rings. The van der Waals surface area contributed by atoms with E-state index in [1.807, 2.05) is 16.4 Å². The van der Waals surface area contributed by atoms with Crippen LogP contribution in [0.25, 0.3) is 0 Å². The van der Waals surface area contributed by atoms with E-state index >= 15 is 0 Å². The Morgan fingerprint density at radius 1 is 1.36 bits per heavy atom. The van der Waals surface area contributed by atoms with Crippen molar-refractivity contribution in [1.82, 2.24) is 4.31 Å². The molecule has 2 rings (SSSR count). The first-order chi connectivity index (χ1) is 6.77. The molecule has 1 aromatic carbocycles. The molecule has 1 aliphatic heterocycles. The van der Waals surface area contributed by atoms with Crippen molar-refractivity contribution in [3.05, 3.63) is 29.8 Å². The summed E-state index contributed by atoms with van der Waals surface area (Å²) in [6.07, 6.45) is 1.70. The molecule has 2 nitrogen and oxygen atoms in total. The van der Waals surface area contributed by atoms with Crippen LogP contribution < -0.4 is 0 Å². The molecule has 0 spiro atoms. The zero-order chi connectivity index (χ0) is 9.97. The van der Waals surface area contributed by atoms with Crippen molar-refractivity contribution >= 4 is 17.9 Å². The average Bonchev–Trinajstić information content (AvgIpc) is 2.56. The lowest BCUT2D eigenvalue weighted by atomic mass is 10.2. The maximum absolute atomic E-state index is 11.4. The third-order valence-electron chi connectivity index (χ3n) is 2.33. The second kappa shape index (κ2) is 4.05. The van der Waals surface area contributed by atoms with Crippen molar-refractivity contribution in [2.45, 2.75) is 24.7 Å². The smallest absolute Gasteiger partial charge is 0.232 e. The number of rotatable bonds is 2. The molecule has 0 atom stereocenters. The molecular weight excluding hydrogens is 194 g/mol. The Labute approximate surface area is 88.4 Å². The van der Waals surface area contributed by atoms with Gasteiger partial charge in [-0.2, -0.15) is 0 Å². The minimum atomic E-state index is 0.262.